The van der Waals surface area contributed by atoms with Crippen LogP contribution >= 0.6 is 0 Å². The Labute approximate surface area is 280 Å². The molecule has 0 aliphatic rings. The van der Waals surface area contributed by atoms with Gasteiger partial charge in [0, 0.05) is 38.1 Å². The summed E-state index contributed by atoms with van der Waals surface area (Å²) in [6.45, 7) is 0. The number of hydrogen-bond acceptors (Lipinski definition) is 3. The fourth-order valence-electron chi connectivity index (χ4n) is 8.09. The minimum absolute atomic E-state index is 0.849. The maximum atomic E-state index is 6.55. The van der Waals surface area contributed by atoms with Crippen molar-refractivity contribution in [2.75, 3.05) is 0 Å². The van der Waals surface area contributed by atoms with Crippen molar-refractivity contribution >= 4 is 76.4 Å². The highest BCUT2D eigenvalue weighted by Gasteiger charge is 2.22. The normalized spacial score (nSPS) is 12.1. The average Bonchev–Trinajstić information content (AvgIpc) is 3.87. The van der Waals surface area contributed by atoms with Gasteiger partial charge in [-0.05, 0) is 80.2 Å². The Balaban J connectivity index is 1.24. The predicted octanol–water partition coefficient (Wildman–Crippen LogP) is 13.5. The van der Waals surface area contributed by atoms with Gasteiger partial charge in [0.05, 0.1) is 6.26 Å². The minimum Gasteiger partial charge on any atom is -0.464 e. The van der Waals surface area contributed by atoms with Gasteiger partial charge in [-0.3, -0.25) is 0 Å². The van der Waals surface area contributed by atoms with Crippen molar-refractivity contribution in [1.82, 2.24) is 0 Å². The van der Waals surface area contributed by atoms with E-state index >= 15 is 0 Å². The first kappa shape index (κ1) is 26.5. The van der Waals surface area contributed by atoms with Crippen molar-refractivity contribution in [2.45, 2.75) is 0 Å². The van der Waals surface area contributed by atoms with Gasteiger partial charge in [-0.2, -0.15) is 0 Å². The van der Waals surface area contributed by atoms with E-state index in [0.29, 0.717) is 0 Å². The van der Waals surface area contributed by atoms with Crippen molar-refractivity contribution in [3.63, 3.8) is 0 Å². The third-order valence-electron chi connectivity index (χ3n) is 10.1. The molecule has 0 fully saturated rings. The van der Waals surface area contributed by atoms with E-state index in [1.54, 1.807) is 0 Å². The van der Waals surface area contributed by atoms with Gasteiger partial charge < -0.3 is 13.3 Å². The number of furan rings is 3. The maximum absolute atomic E-state index is 6.55. The lowest BCUT2D eigenvalue weighted by atomic mass is 9.85. The van der Waals surface area contributed by atoms with Crippen LogP contribution in [0.25, 0.3) is 110 Å². The van der Waals surface area contributed by atoms with E-state index in [0.717, 1.165) is 77.1 Å². The Morgan fingerprint density at radius 2 is 0.878 bits per heavy atom. The number of hydrogen-bond donors (Lipinski definition) is 0. The molecule has 0 spiro atoms. The molecule has 0 saturated carbocycles. The molecule has 0 amide bonds. The van der Waals surface area contributed by atoms with Gasteiger partial charge in [-0.15, -0.1) is 0 Å². The summed E-state index contributed by atoms with van der Waals surface area (Å²) in [6.07, 6.45) is 1.91. The largest absolute Gasteiger partial charge is 0.464 e. The monoisotopic (exact) mass is 626 g/mol. The second-order valence-corrected chi connectivity index (χ2v) is 12.8. The quantitative estimate of drug-likeness (QED) is 0.183. The highest BCUT2D eigenvalue weighted by atomic mass is 16.3. The van der Waals surface area contributed by atoms with Crippen LogP contribution in [0.5, 0.6) is 0 Å². The van der Waals surface area contributed by atoms with Crippen LogP contribution in [0.3, 0.4) is 0 Å². The lowest BCUT2D eigenvalue weighted by Gasteiger charge is -2.17. The average molecular weight is 627 g/mol. The summed E-state index contributed by atoms with van der Waals surface area (Å²) >= 11 is 0. The van der Waals surface area contributed by atoms with Gasteiger partial charge >= 0.3 is 0 Å². The smallest absolute Gasteiger partial charge is 0.136 e. The van der Waals surface area contributed by atoms with Crippen molar-refractivity contribution in [2.24, 2.45) is 0 Å². The second-order valence-electron chi connectivity index (χ2n) is 12.8. The zero-order chi connectivity index (χ0) is 32.1. The lowest BCUT2D eigenvalue weighted by Crippen LogP contribution is -1.90. The van der Waals surface area contributed by atoms with Gasteiger partial charge in [0.1, 0.15) is 27.9 Å². The number of para-hydroxylation sites is 1. The molecule has 11 rings (SSSR count). The fraction of sp³-hybridized carbons (Fsp3) is 0. The molecule has 0 bridgehead atoms. The summed E-state index contributed by atoms with van der Waals surface area (Å²) in [5.41, 5.74) is 11.3. The minimum atomic E-state index is 0.849. The van der Waals surface area contributed by atoms with Gasteiger partial charge in [-0.1, -0.05) is 115 Å². The van der Waals surface area contributed by atoms with E-state index in [1.165, 1.54) is 32.7 Å². The lowest BCUT2D eigenvalue weighted by molar-refractivity contribution is 0.617. The van der Waals surface area contributed by atoms with Crippen molar-refractivity contribution in [3.8, 4) is 33.4 Å². The summed E-state index contributed by atoms with van der Waals surface area (Å²) in [5, 5.41) is 10.2. The molecular weight excluding hydrogens is 601 g/mol. The molecule has 11 aromatic rings. The summed E-state index contributed by atoms with van der Waals surface area (Å²) in [5.74, 6) is 0. The van der Waals surface area contributed by atoms with Crippen LogP contribution in [-0.4, -0.2) is 0 Å². The molecule has 3 heteroatoms. The number of benzene rings is 8. The zero-order valence-corrected chi connectivity index (χ0v) is 26.2. The Morgan fingerprint density at radius 1 is 0.306 bits per heavy atom. The Morgan fingerprint density at radius 3 is 1.63 bits per heavy atom. The van der Waals surface area contributed by atoms with Gasteiger partial charge in [0.15, 0.2) is 0 Å². The summed E-state index contributed by atoms with van der Waals surface area (Å²) in [6, 6.07) is 53.3. The summed E-state index contributed by atoms with van der Waals surface area (Å²) in [4.78, 5) is 0. The fourth-order valence-corrected chi connectivity index (χ4v) is 8.09. The molecular formula is C46H26O3. The Hall–Kier alpha value is -6.58. The van der Waals surface area contributed by atoms with Crippen molar-refractivity contribution in [1.29, 1.82) is 0 Å². The zero-order valence-electron chi connectivity index (χ0n) is 26.2. The number of rotatable bonds is 3. The van der Waals surface area contributed by atoms with Crippen LogP contribution in [0, 0.1) is 0 Å². The molecule has 8 aromatic carbocycles. The molecule has 3 nitrogen and oxygen atoms in total. The molecule has 3 heterocycles. The highest BCUT2D eigenvalue weighted by molar-refractivity contribution is 6.29. The van der Waals surface area contributed by atoms with Gasteiger partial charge in [-0.25, -0.2) is 0 Å². The van der Waals surface area contributed by atoms with Crippen LogP contribution in [0.2, 0.25) is 0 Å². The Kier molecular flexibility index (Phi) is 5.38. The standard InChI is InChI=1S/C46H26O3/c1-2-11-27(12-3-1)29-18-10-20-39-44(29)46-41(49-39)24-23-40-45(46)35-25-28(21-22-38(35)48-40)42-31-14-4-6-16-33(31)43(34-17-7-5-15-32(34)42)36-26-47-37-19-9-8-13-30(36)37/h1-26H. The molecule has 228 valence electrons. The van der Waals surface area contributed by atoms with E-state index in [4.69, 9.17) is 13.3 Å². The van der Waals surface area contributed by atoms with Crippen LogP contribution < -0.4 is 0 Å². The molecule has 0 unspecified atom stereocenters. The third kappa shape index (κ3) is 3.73. The molecule has 0 radical (unpaired) electrons. The van der Waals surface area contributed by atoms with E-state index in [1.807, 2.05) is 30.5 Å². The first-order valence-electron chi connectivity index (χ1n) is 16.6. The van der Waals surface area contributed by atoms with Crippen LogP contribution in [0.1, 0.15) is 0 Å². The molecule has 0 atom stereocenters. The third-order valence-corrected chi connectivity index (χ3v) is 10.1. The summed E-state index contributed by atoms with van der Waals surface area (Å²) in [7, 11) is 0. The van der Waals surface area contributed by atoms with Crippen LogP contribution in [0.15, 0.2) is 171 Å². The first-order valence-corrected chi connectivity index (χ1v) is 16.6. The van der Waals surface area contributed by atoms with Gasteiger partial charge in [0.25, 0.3) is 0 Å². The van der Waals surface area contributed by atoms with Crippen molar-refractivity contribution in [3.05, 3.63) is 158 Å². The molecule has 0 N–H and O–H groups in total. The van der Waals surface area contributed by atoms with E-state index in [9.17, 15) is 0 Å². The van der Waals surface area contributed by atoms with E-state index < -0.39 is 0 Å². The molecule has 0 saturated heterocycles. The van der Waals surface area contributed by atoms with Crippen LogP contribution in [0.4, 0.5) is 0 Å². The maximum Gasteiger partial charge on any atom is 0.136 e. The topological polar surface area (TPSA) is 39.4 Å². The summed E-state index contributed by atoms with van der Waals surface area (Å²) < 4.78 is 19.1. The van der Waals surface area contributed by atoms with E-state index in [2.05, 4.69) is 127 Å². The SMILES string of the molecule is c1ccc(-c2cccc3oc4ccc5oc6ccc(-c7c8ccccc8c(-c8coc9ccccc89)c8ccccc78)cc6c5c4c23)cc1. The van der Waals surface area contributed by atoms with E-state index in [-0.39, 0.29) is 0 Å². The van der Waals surface area contributed by atoms with Crippen molar-refractivity contribution < 1.29 is 13.3 Å². The van der Waals surface area contributed by atoms with Gasteiger partial charge in [0.2, 0.25) is 0 Å². The Bertz CT molecular complexity index is 3040. The molecule has 0 aliphatic heterocycles. The highest BCUT2D eigenvalue weighted by Crippen LogP contribution is 2.48. The predicted molar refractivity (Wildman–Crippen MR) is 202 cm³/mol. The molecule has 3 aromatic heterocycles. The second kappa shape index (κ2) is 9.96. The van der Waals surface area contributed by atoms with Crippen LogP contribution in [-0.2, 0) is 0 Å². The number of fused-ring (bicyclic) bond motifs is 10. The first-order chi connectivity index (χ1) is 24.3. The molecule has 49 heavy (non-hydrogen) atoms. The molecule has 0 aliphatic carbocycles.